The molecular weight excluding hydrogens is 258 g/mol. The van der Waals surface area contributed by atoms with Gasteiger partial charge in [0, 0.05) is 5.56 Å². The van der Waals surface area contributed by atoms with Gasteiger partial charge in [-0.15, -0.1) is 0 Å². The maximum atomic E-state index is 6.87. The molecule has 0 amide bonds. The highest BCUT2D eigenvalue weighted by Gasteiger charge is 2.37. The molecule has 1 fully saturated rings. The second kappa shape index (κ2) is 4.31. The lowest BCUT2D eigenvalue weighted by molar-refractivity contribution is -0.144. The molecular formula is C11H10BrNO2. The third kappa shape index (κ3) is 1.91. The summed E-state index contributed by atoms with van der Waals surface area (Å²) in [5.41, 5.74) is 1.57. The molecule has 0 spiro atoms. The van der Waals surface area contributed by atoms with Crippen LogP contribution in [0.2, 0.25) is 0 Å². The average Bonchev–Trinajstić information content (AvgIpc) is 2.79. The first-order valence-electron chi connectivity index (χ1n) is 4.62. The SMILES string of the molecule is [C-]#[N+]c1ccc(C2(CBr)OCCO2)cc1. The molecule has 4 heteroatoms. The second-order valence-corrected chi connectivity index (χ2v) is 3.80. The van der Waals surface area contributed by atoms with Crippen molar-refractivity contribution in [1.82, 2.24) is 0 Å². The van der Waals surface area contributed by atoms with Gasteiger partial charge >= 0.3 is 0 Å². The molecule has 2 rings (SSSR count). The predicted molar refractivity (Wildman–Crippen MR) is 60.1 cm³/mol. The number of halogens is 1. The van der Waals surface area contributed by atoms with Crippen molar-refractivity contribution in [3.8, 4) is 0 Å². The molecule has 78 valence electrons. The maximum absolute atomic E-state index is 6.87. The van der Waals surface area contributed by atoms with E-state index in [1.807, 2.05) is 12.1 Å². The zero-order valence-corrected chi connectivity index (χ0v) is 9.66. The number of hydrogen-bond donors (Lipinski definition) is 0. The second-order valence-electron chi connectivity index (χ2n) is 3.24. The van der Waals surface area contributed by atoms with Gasteiger partial charge in [0.1, 0.15) is 0 Å². The third-order valence-electron chi connectivity index (χ3n) is 2.37. The van der Waals surface area contributed by atoms with Gasteiger partial charge in [-0.05, 0) is 0 Å². The van der Waals surface area contributed by atoms with Gasteiger partial charge in [0.2, 0.25) is 5.79 Å². The molecule has 1 aromatic rings. The van der Waals surface area contributed by atoms with Gasteiger partial charge in [-0.25, -0.2) is 4.85 Å². The number of ether oxygens (including phenoxy) is 2. The van der Waals surface area contributed by atoms with Crippen molar-refractivity contribution in [3.63, 3.8) is 0 Å². The minimum atomic E-state index is -0.666. The van der Waals surface area contributed by atoms with Crippen LogP contribution in [0.1, 0.15) is 5.56 Å². The first kappa shape index (κ1) is 10.6. The lowest BCUT2D eigenvalue weighted by Gasteiger charge is -2.25. The van der Waals surface area contributed by atoms with E-state index in [9.17, 15) is 0 Å². The molecule has 1 saturated heterocycles. The van der Waals surface area contributed by atoms with Crippen LogP contribution in [0, 0.1) is 6.57 Å². The number of alkyl halides is 1. The van der Waals surface area contributed by atoms with Crippen LogP contribution < -0.4 is 0 Å². The monoisotopic (exact) mass is 267 g/mol. The highest BCUT2D eigenvalue weighted by Crippen LogP contribution is 2.34. The Morgan fingerprint density at radius 2 is 1.87 bits per heavy atom. The summed E-state index contributed by atoms with van der Waals surface area (Å²) in [5, 5.41) is 0.595. The van der Waals surface area contributed by atoms with E-state index in [0.29, 0.717) is 24.2 Å². The van der Waals surface area contributed by atoms with Gasteiger partial charge in [-0.2, -0.15) is 0 Å². The number of benzene rings is 1. The molecule has 0 radical (unpaired) electrons. The minimum Gasteiger partial charge on any atom is -0.343 e. The Kier molecular flexibility index (Phi) is 3.06. The van der Waals surface area contributed by atoms with Crippen LogP contribution in [-0.4, -0.2) is 18.5 Å². The van der Waals surface area contributed by atoms with Crippen LogP contribution >= 0.6 is 15.9 Å². The number of hydrogen-bond acceptors (Lipinski definition) is 2. The normalized spacial score (nSPS) is 18.7. The molecule has 15 heavy (non-hydrogen) atoms. The van der Waals surface area contributed by atoms with Crippen molar-refractivity contribution in [2.45, 2.75) is 5.79 Å². The Morgan fingerprint density at radius 3 is 2.33 bits per heavy atom. The fourth-order valence-corrected chi connectivity index (χ4v) is 2.21. The van der Waals surface area contributed by atoms with E-state index in [-0.39, 0.29) is 0 Å². The van der Waals surface area contributed by atoms with Crippen molar-refractivity contribution < 1.29 is 9.47 Å². The van der Waals surface area contributed by atoms with E-state index in [1.165, 1.54) is 0 Å². The molecule has 0 atom stereocenters. The number of nitrogens with zero attached hydrogens (tertiary/aromatic N) is 1. The summed E-state index contributed by atoms with van der Waals surface area (Å²) in [6.45, 7) is 8.08. The molecule has 0 aromatic heterocycles. The smallest absolute Gasteiger partial charge is 0.204 e. The molecule has 0 saturated carbocycles. The Bertz CT molecular complexity index is 377. The van der Waals surface area contributed by atoms with Gasteiger partial charge in [0.15, 0.2) is 5.69 Å². The van der Waals surface area contributed by atoms with Crippen molar-refractivity contribution in [2.75, 3.05) is 18.5 Å². The largest absolute Gasteiger partial charge is 0.343 e. The molecule has 0 bridgehead atoms. The fourth-order valence-electron chi connectivity index (χ4n) is 1.57. The summed E-state index contributed by atoms with van der Waals surface area (Å²) < 4.78 is 11.2. The van der Waals surface area contributed by atoms with Crippen LogP contribution in [0.15, 0.2) is 24.3 Å². The van der Waals surface area contributed by atoms with E-state index in [2.05, 4.69) is 20.8 Å². The minimum absolute atomic E-state index is 0.595. The lowest BCUT2D eigenvalue weighted by Crippen LogP contribution is -2.28. The van der Waals surface area contributed by atoms with Gasteiger partial charge in [-0.1, -0.05) is 40.2 Å². The van der Waals surface area contributed by atoms with Crippen LogP contribution in [0.4, 0.5) is 5.69 Å². The quantitative estimate of drug-likeness (QED) is 0.608. The summed E-state index contributed by atoms with van der Waals surface area (Å²) in [6, 6.07) is 7.30. The molecule has 1 aliphatic heterocycles. The molecule has 1 aromatic carbocycles. The number of rotatable bonds is 2. The summed E-state index contributed by atoms with van der Waals surface area (Å²) in [5.74, 6) is -0.666. The van der Waals surface area contributed by atoms with E-state index in [0.717, 1.165) is 5.56 Å². The van der Waals surface area contributed by atoms with Gasteiger partial charge in [-0.3, -0.25) is 0 Å². The summed E-state index contributed by atoms with van der Waals surface area (Å²) in [7, 11) is 0. The Morgan fingerprint density at radius 1 is 1.27 bits per heavy atom. The lowest BCUT2D eigenvalue weighted by atomic mass is 10.1. The van der Waals surface area contributed by atoms with E-state index in [1.54, 1.807) is 12.1 Å². The molecule has 1 heterocycles. The molecule has 0 aliphatic carbocycles. The van der Waals surface area contributed by atoms with Crippen LogP contribution in [0.3, 0.4) is 0 Å². The first-order valence-corrected chi connectivity index (χ1v) is 5.75. The highest BCUT2D eigenvalue weighted by molar-refractivity contribution is 9.09. The Hall–Kier alpha value is -0.890. The summed E-state index contributed by atoms with van der Waals surface area (Å²) in [4.78, 5) is 3.34. The standard InChI is InChI=1S/C11H10BrNO2/c1-13-10-4-2-9(3-5-10)11(8-12)14-6-7-15-11/h2-5H,6-8H2. The third-order valence-corrected chi connectivity index (χ3v) is 3.10. The maximum Gasteiger partial charge on any atom is 0.204 e. The fraction of sp³-hybridized carbons (Fsp3) is 0.364. The van der Waals surface area contributed by atoms with Gasteiger partial charge in [0.05, 0.1) is 25.1 Å². The topological polar surface area (TPSA) is 22.8 Å². The zero-order chi connectivity index (χ0) is 10.7. The Labute approximate surface area is 96.9 Å². The van der Waals surface area contributed by atoms with Crippen molar-refractivity contribution in [1.29, 1.82) is 0 Å². The highest BCUT2D eigenvalue weighted by atomic mass is 79.9. The van der Waals surface area contributed by atoms with E-state index >= 15 is 0 Å². The first-order chi connectivity index (χ1) is 7.30. The Balaban J connectivity index is 2.31. The van der Waals surface area contributed by atoms with Gasteiger partial charge in [0.25, 0.3) is 0 Å². The van der Waals surface area contributed by atoms with Crippen molar-refractivity contribution >= 4 is 21.6 Å². The molecule has 0 N–H and O–H groups in total. The molecule has 0 unspecified atom stereocenters. The van der Waals surface area contributed by atoms with E-state index < -0.39 is 5.79 Å². The van der Waals surface area contributed by atoms with Crippen LogP contribution in [-0.2, 0) is 15.3 Å². The van der Waals surface area contributed by atoms with Gasteiger partial charge < -0.3 is 9.47 Å². The van der Waals surface area contributed by atoms with E-state index in [4.69, 9.17) is 16.0 Å². The predicted octanol–water partition coefficient (Wildman–Crippen LogP) is 2.83. The van der Waals surface area contributed by atoms with Crippen LogP contribution in [0.25, 0.3) is 4.85 Å². The zero-order valence-electron chi connectivity index (χ0n) is 8.07. The average molecular weight is 268 g/mol. The summed E-state index contributed by atoms with van der Waals surface area (Å²) >= 11 is 3.40. The summed E-state index contributed by atoms with van der Waals surface area (Å²) in [6.07, 6.45) is 0. The van der Waals surface area contributed by atoms with Crippen molar-refractivity contribution in [2.24, 2.45) is 0 Å². The van der Waals surface area contributed by atoms with Crippen molar-refractivity contribution in [3.05, 3.63) is 41.2 Å². The molecule has 1 aliphatic rings. The van der Waals surface area contributed by atoms with Crippen LogP contribution in [0.5, 0.6) is 0 Å². The molecule has 3 nitrogen and oxygen atoms in total.